The molecule has 2 atom stereocenters. The van der Waals surface area contributed by atoms with E-state index in [1.54, 1.807) is 7.11 Å². The zero-order chi connectivity index (χ0) is 15.0. The van der Waals surface area contributed by atoms with E-state index in [0.29, 0.717) is 18.6 Å². The largest absolute Gasteiger partial charge is 0.497 e. The maximum Gasteiger partial charge on any atom is 0.283 e. The van der Waals surface area contributed by atoms with E-state index < -0.39 is 5.54 Å². The highest BCUT2D eigenvalue weighted by Gasteiger charge is 2.56. The van der Waals surface area contributed by atoms with E-state index in [9.17, 15) is 14.9 Å². The Morgan fingerprint density at radius 1 is 1.33 bits per heavy atom. The van der Waals surface area contributed by atoms with Gasteiger partial charge >= 0.3 is 0 Å². The number of methoxy groups -OCH3 is 1. The molecule has 0 aliphatic heterocycles. The molecule has 2 aliphatic rings. The van der Waals surface area contributed by atoms with Crippen molar-refractivity contribution in [3.8, 4) is 5.75 Å². The molecule has 1 aromatic carbocycles. The fourth-order valence-corrected chi connectivity index (χ4v) is 3.76. The van der Waals surface area contributed by atoms with Gasteiger partial charge in [0.2, 0.25) is 5.78 Å². The summed E-state index contributed by atoms with van der Waals surface area (Å²) < 4.78 is 5.22. The molecule has 0 aromatic heterocycles. The van der Waals surface area contributed by atoms with Gasteiger partial charge in [-0.1, -0.05) is 18.9 Å². The Labute approximate surface area is 123 Å². The molecule has 5 heteroatoms. The van der Waals surface area contributed by atoms with Gasteiger partial charge in [-0.3, -0.25) is 14.9 Å². The van der Waals surface area contributed by atoms with Crippen LogP contribution in [0.2, 0.25) is 0 Å². The summed E-state index contributed by atoms with van der Waals surface area (Å²) in [5, 5.41) is 11.7. The number of nitrogens with zero attached hydrogens (tertiary/aromatic N) is 1. The minimum atomic E-state index is -1.43. The van der Waals surface area contributed by atoms with Crippen LogP contribution in [-0.2, 0) is 11.2 Å². The van der Waals surface area contributed by atoms with Gasteiger partial charge in [-0.25, -0.2) is 0 Å². The van der Waals surface area contributed by atoms with Gasteiger partial charge in [-0.2, -0.15) is 0 Å². The van der Waals surface area contributed by atoms with Gasteiger partial charge in [0.05, 0.1) is 19.4 Å². The van der Waals surface area contributed by atoms with E-state index in [1.807, 2.05) is 18.2 Å². The molecule has 0 saturated heterocycles. The summed E-state index contributed by atoms with van der Waals surface area (Å²) in [4.78, 5) is 24.1. The Morgan fingerprint density at radius 2 is 2.14 bits per heavy atom. The number of ketones is 1. The standard InChI is InChI=1S/C16H19NO4/c1-21-12-6-7-13-11(9-12)10-16(17(19)20)8-4-2-3-5-14(13)15(16)18/h6-7,9,14H,2-5,8,10H2,1H3/t14-,16-/m0/s1. The maximum absolute atomic E-state index is 12.8. The third-order valence-corrected chi connectivity index (χ3v) is 4.92. The first-order chi connectivity index (χ1) is 10.1. The van der Waals surface area contributed by atoms with Gasteiger partial charge in [0.1, 0.15) is 5.75 Å². The molecule has 0 radical (unpaired) electrons. The van der Waals surface area contributed by atoms with Crippen molar-refractivity contribution in [1.29, 1.82) is 0 Å². The van der Waals surface area contributed by atoms with Gasteiger partial charge in [0, 0.05) is 11.3 Å². The van der Waals surface area contributed by atoms with E-state index in [4.69, 9.17) is 4.74 Å². The van der Waals surface area contributed by atoms with Crippen LogP contribution in [0.4, 0.5) is 0 Å². The number of ether oxygens (including phenoxy) is 1. The fraction of sp³-hybridized carbons (Fsp3) is 0.562. The quantitative estimate of drug-likeness (QED) is 0.620. The predicted octanol–water partition coefficient (Wildman–Crippen LogP) is 2.88. The lowest BCUT2D eigenvalue weighted by Crippen LogP contribution is -2.53. The molecule has 0 unspecified atom stereocenters. The highest BCUT2D eigenvalue weighted by Crippen LogP contribution is 2.43. The summed E-state index contributed by atoms with van der Waals surface area (Å²) in [7, 11) is 1.58. The zero-order valence-electron chi connectivity index (χ0n) is 12.1. The Bertz CT molecular complexity index is 598. The van der Waals surface area contributed by atoms with Crippen LogP contribution >= 0.6 is 0 Å². The van der Waals surface area contributed by atoms with Gasteiger partial charge < -0.3 is 4.74 Å². The van der Waals surface area contributed by atoms with E-state index in [1.165, 1.54) is 0 Å². The number of carbonyl (C=O) groups is 1. The van der Waals surface area contributed by atoms with Crippen molar-refractivity contribution in [2.75, 3.05) is 7.11 Å². The van der Waals surface area contributed by atoms with Crippen molar-refractivity contribution in [3.63, 3.8) is 0 Å². The van der Waals surface area contributed by atoms with Gasteiger partial charge in [-0.15, -0.1) is 0 Å². The number of rotatable bonds is 2. The third kappa shape index (κ3) is 2.11. The molecule has 0 heterocycles. The molecular formula is C16H19NO4. The van der Waals surface area contributed by atoms with Crippen molar-refractivity contribution in [2.45, 2.75) is 50.0 Å². The van der Waals surface area contributed by atoms with Crippen molar-refractivity contribution in [2.24, 2.45) is 0 Å². The number of hydrogen-bond acceptors (Lipinski definition) is 4. The van der Waals surface area contributed by atoms with Gasteiger partial charge in [-0.05, 0) is 36.1 Å². The van der Waals surface area contributed by atoms with Crippen molar-refractivity contribution in [1.82, 2.24) is 0 Å². The molecule has 1 aromatic rings. The molecule has 0 amide bonds. The van der Waals surface area contributed by atoms with Crippen molar-refractivity contribution < 1.29 is 14.5 Å². The van der Waals surface area contributed by atoms with Crippen LogP contribution in [0.5, 0.6) is 5.75 Å². The molecule has 1 fully saturated rings. The first-order valence-electron chi connectivity index (χ1n) is 7.44. The van der Waals surface area contributed by atoms with Crippen molar-refractivity contribution in [3.05, 3.63) is 39.4 Å². The molecule has 112 valence electrons. The fourth-order valence-electron chi connectivity index (χ4n) is 3.76. The third-order valence-electron chi connectivity index (χ3n) is 4.92. The number of nitro groups is 1. The summed E-state index contributed by atoms with van der Waals surface area (Å²) >= 11 is 0. The van der Waals surface area contributed by atoms with E-state index >= 15 is 0 Å². The monoisotopic (exact) mass is 289 g/mol. The molecule has 0 spiro atoms. The first-order valence-corrected chi connectivity index (χ1v) is 7.44. The minimum Gasteiger partial charge on any atom is -0.497 e. The number of benzene rings is 1. The smallest absolute Gasteiger partial charge is 0.283 e. The van der Waals surface area contributed by atoms with Crippen LogP contribution < -0.4 is 4.74 Å². The van der Waals surface area contributed by atoms with E-state index in [-0.39, 0.29) is 23.0 Å². The van der Waals surface area contributed by atoms with Crippen molar-refractivity contribution >= 4 is 5.78 Å². The Balaban J connectivity index is 2.14. The van der Waals surface area contributed by atoms with Crippen LogP contribution in [0.1, 0.15) is 49.1 Å². The maximum atomic E-state index is 12.8. The first kappa shape index (κ1) is 14.0. The average molecular weight is 289 g/mol. The minimum absolute atomic E-state index is 0.190. The molecule has 21 heavy (non-hydrogen) atoms. The number of Topliss-reactive ketones (excluding diaryl/α,β-unsaturated/α-hetero) is 1. The van der Waals surface area contributed by atoms with E-state index in [2.05, 4.69) is 0 Å². The summed E-state index contributed by atoms with van der Waals surface area (Å²) in [6.45, 7) is 0. The molecular weight excluding hydrogens is 270 g/mol. The average Bonchev–Trinajstić information content (AvgIpc) is 2.48. The molecule has 3 rings (SSSR count). The predicted molar refractivity (Wildman–Crippen MR) is 77.3 cm³/mol. The number of fused-ring (bicyclic) bond motifs is 4. The lowest BCUT2D eigenvalue weighted by Gasteiger charge is -2.36. The Hall–Kier alpha value is -1.91. The summed E-state index contributed by atoms with van der Waals surface area (Å²) in [6.07, 6.45) is 3.93. The molecule has 2 bridgehead atoms. The van der Waals surface area contributed by atoms with Crippen LogP contribution in [0.15, 0.2) is 18.2 Å². The topological polar surface area (TPSA) is 69.4 Å². The van der Waals surface area contributed by atoms with Gasteiger partial charge in [0.15, 0.2) is 0 Å². The van der Waals surface area contributed by atoms with Crippen LogP contribution in [0.3, 0.4) is 0 Å². The summed E-state index contributed by atoms with van der Waals surface area (Å²) in [5.74, 6) is 0.173. The zero-order valence-corrected chi connectivity index (χ0v) is 12.1. The molecule has 0 N–H and O–H groups in total. The second-order valence-electron chi connectivity index (χ2n) is 6.05. The second-order valence-corrected chi connectivity index (χ2v) is 6.05. The highest BCUT2D eigenvalue weighted by atomic mass is 16.6. The Kier molecular flexibility index (Phi) is 3.43. The lowest BCUT2D eigenvalue weighted by atomic mass is 9.66. The lowest BCUT2D eigenvalue weighted by molar-refractivity contribution is -0.554. The second kappa shape index (κ2) is 5.13. The Morgan fingerprint density at radius 3 is 2.86 bits per heavy atom. The number of carbonyl (C=O) groups excluding carboxylic acids is 1. The normalized spacial score (nSPS) is 28.2. The van der Waals surface area contributed by atoms with Crippen LogP contribution in [0, 0.1) is 10.1 Å². The molecule has 5 nitrogen and oxygen atoms in total. The SMILES string of the molecule is COc1ccc2c(c1)C[C@@]1([N+](=O)[O-])CCCCC[C@@H]2C1=O. The molecule has 1 saturated carbocycles. The number of hydrogen-bond donors (Lipinski definition) is 0. The highest BCUT2D eigenvalue weighted by molar-refractivity contribution is 5.95. The van der Waals surface area contributed by atoms with E-state index in [0.717, 1.165) is 30.4 Å². The molecule has 2 aliphatic carbocycles. The summed E-state index contributed by atoms with van der Waals surface area (Å²) in [6, 6.07) is 5.60. The summed E-state index contributed by atoms with van der Waals surface area (Å²) in [5.41, 5.74) is 0.433. The van der Waals surface area contributed by atoms with Gasteiger partial charge in [0.25, 0.3) is 5.54 Å². The van der Waals surface area contributed by atoms with Crippen LogP contribution in [-0.4, -0.2) is 23.4 Å². The van der Waals surface area contributed by atoms with Crippen LogP contribution in [0.25, 0.3) is 0 Å².